The van der Waals surface area contributed by atoms with Crippen molar-refractivity contribution >= 4 is 11.6 Å². The first-order valence-electron chi connectivity index (χ1n) is 6.86. The molecule has 1 aliphatic rings. The molecule has 0 N–H and O–H groups in total. The molecule has 0 spiro atoms. The van der Waals surface area contributed by atoms with Crippen LogP contribution in [-0.4, -0.2) is 6.61 Å². The predicted octanol–water partition coefficient (Wildman–Crippen LogP) is 4.67. The minimum atomic E-state index is -0.217. The molecule has 1 nitrogen and oxygen atoms in total. The SMILES string of the molecule is Fc1cccc(CC(Cl)c2ccc3c(c2)CCCO3)c1. The maximum atomic E-state index is 13.2. The molecule has 104 valence electrons. The Morgan fingerprint density at radius 1 is 1.20 bits per heavy atom. The van der Waals surface area contributed by atoms with Gasteiger partial charge in [-0.25, -0.2) is 4.39 Å². The molecule has 1 heterocycles. The van der Waals surface area contributed by atoms with E-state index < -0.39 is 0 Å². The number of ether oxygens (including phenoxy) is 1. The number of aryl methyl sites for hydroxylation is 1. The van der Waals surface area contributed by atoms with Crippen molar-refractivity contribution in [2.45, 2.75) is 24.6 Å². The average molecular weight is 291 g/mol. The van der Waals surface area contributed by atoms with Crippen LogP contribution >= 0.6 is 11.6 Å². The van der Waals surface area contributed by atoms with E-state index >= 15 is 0 Å². The van der Waals surface area contributed by atoms with Gasteiger partial charge in [0.15, 0.2) is 0 Å². The molecule has 3 rings (SSSR count). The largest absolute Gasteiger partial charge is 0.493 e. The summed E-state index contributed by atoms with van der Waals surface area (Å²) >= 11 is 6.47. The summed E-state index contributed by atoms with van der Waals surface area (Å²) in [5, 5.41) is -0.149. The lowest BCUT2D eigenvalue weighted by molar-refractivity contribution is 0.288. The quantitative estimate of drug-likeness (QED) is 0.746. The van der Waals surface area contributed by atoms with Crippen molar-refractivity contribution in [2.75, 3.05) is 6.61 Å². The molecule has 0 amide bonds. The third kappa shape index (κ3) is 2.96. The molecule has 1 atom stereocenters. The number of fused-ring (bicyclic) bond motifs is 1. The van der Waals surface area contributed by atoms with Crippen LogP contribution in [0.3, 0.4) is 0 Å². The number of benzene rings is 2. The normalized spacial score (nSPS) is 15.3. The Labute approximate surface area is 123 Å². The molecule has 0 saturated heterocycles. The summed E-state index contributed by atoms with van der Waals surface area (Å²) in [4.78, 5) is 0. The Kier molecular flexibility index (Phi) is 3.93. The molecular weight excluding hydrogens is 275 g/mol. The van der Waals surface area contributed by atoms with E-state index in [4.69, 9.17) is 16.3 Å². The standard InChI is InChI=1S/C17H16ClFO/c18-16(10-12-3-1-5-15(19)9-12)13-6-7-17-14(11-13)4-2-8-20-17/h1,3,5-7,9,11,16H,2,4,8,10H2. The summed E-state index contributed by atoms with van der Waals surface area (Å²) in [5.74, 6) is 0.750. The lowest BCUT2D eigenvalue weighted by Gasteiger charge is -2.19. The van der Waals surface area contributed by atoms with Crippen molar-refractivity contribution in [3.63, 3.8) is 0 Å². The van der Waals surface area contributed by atoms with Gasteiger partial charge in [0.1, 0.15) is 11.6 Å². The highest BCUT2D eigenvalue weighted by Gasteiger charge is 2.15. The minimum absolute atomic E-state index is 0.149. The molecule has 3 heteroatoms. The Balaban J connectivity index is 1.78. The van der Waals surface area contributed by atoms with Gasteiger partial charge < -0.3 is 4.74 Å². The maximum Gasteiger partial charge on any atom is 0.123 e. The van der Waals surface area contributed by atoms with Crippen molar-refractivity contribution in [3.05, 3.63) is 65.0 Å². The van der Waals surface area contributed by atoms with Gasteiger partial charge in [0.25, 0.3) is 0 Å². The Bertz CT molecular complexity index is 612. The Hall–Kier alpha value is -1.54. The highest BCUT2D eigenvalue weighted by Crippen LogP contribution is 2.31. The van der Waals surface area contributed by atoms with Crippen molar-refractivity contribution in [2.24, 2.45) is 0 Å². The fraction of sp³-hybridized carbons (Fsp3) is 0.294. The molecular formula is C17H16ClFO. The second-order valence-electron chi connectivity index (χ2n) is 5.12. The van der Waals surface area contributed by atoms with Crippen LogP contribution in [0.1, 0.15) is 28.5 Å². The Morgan fingerprint density at radius 3 is 2.95 bits per heavy atom. The number of hydrogen-bond donors (Lipinski definition) is 0. The predicted molar refractivity (Wildman–Crippen MR) is 79.0 cm³/mol. The third-order valence-corrected chi connectivity index (χ3v) is 4.00. The van der Waals surface area contributed by atoms with Gasteiger partial charge in [-0.15, -0.1) is 11.6 Å². The average Bonchev–Trinajstić information content (AvgIpc) is 2.47. The fourth-order valence-electron chi connectivity index (χ4n) is 2.56. The van der Waals surface area contributed by atoms with Crippen LogP contribution in [-0.2, 0) is 12.8 Å². The Morgan fingerprint density at radius 2 is 2.10 bits per heavy atom. The molecule has 1 unspecified atom stereocenters. The van der Waals surface area contributed by atoms with E-state index in [-0.39, 0.29) is 11.2 Å². The summed E-state index contributed by atoms with van der Waals surface area (Å²) in [7, 11) is 0. The van der Waals surface area contributed by atoms with Gasteiger partial charge in [0, 0.05) is 0 Å². The summed E-state index contributed by atoms with van der Waals surface area (Å²) in [6, 6.07) is 12.7. The van der Waals surface area contributed by atoms with E-state index in [9.17, 15) is 4.39 Å². The summed E-state index contributed by atoms with van der Waals surface area (Å²) in [6.07, 6.45) is 2.71. The van der Waals surface area contributed by atoms with Crippen LogP contribution in [0.2, 0.25) is 0 Å². The maximum absolute atomic E-state index is 13.2. The molecule has 0 radical (unpaired) electrons. The van der Waals surface area contributed by atoms with Crippen LogP contribution in [0, 0.1) is 5.82 Å². The zero-order valence-corrected chi connectivity index (χ0v) is 11.9. The lowest BCUT2D eigenvalue weighted by Crippen LogP contribution is -2.09. The van der Waals surface area contributed by atoms with E-state index in [1.165, 1.54) is 17.7 Å². The molecule has 0 aliphatic carbocycles. The van der Waals surface area contributed by atoms with Crippen LogP contribution in [0.4, 0.5) is 4.39 Å². The summed E-state index contributed by atoms with van der Waals surface area (Å²) < 4.78 is 18.8. The topological polar surface area (TPSA) is 9.23 Å². The lowest BCUT2D eigenvalue weighted by atomic mass is 9.99. The van der Waals surface area contributed by atoms with Gasteiger partial charge in [0.05, 0.1) is 12.0 Å². The zero-order chi connectivity index (χ0) is 13.9. The fourth-order valence-corrected chi connectivity index (χ4v) is 2.88. The van der Waals surface area contributed by atoms with Gasteiger partial charge in [-0.2, -0.15) is 0 Å². The van der Waals surface area contributed by atoms with Crippen molar-refractivity contribution < 1.29 is 9.13 Å². The van der Waals surface area contributed by atoms with Gasteiger partial charge in [-0.1, -0.05) is 24.3 Å². The van der Waals surface area contributed by atoms with Crippen molar-refractivity contribution in [1.82, 2.24) is 0 Å². The number of halogens is 2. The highest BCUT2D eigenvalue weighted by atomic mass is 35.5. The van der Waals surface area contributed by atoms with Crippen LogP contribution < -0.4 is 4.74 Å². The molecule has 0 aromatic heterocycles. The minimum Gasteiger partial charge on any atom is -0.493 e. The molecule has 0 bridgehead atoms. The molecule has 2 aromatic rings. The molecule has 20 heavy (non-hydrogen) atoms. The first kappa shape index (κ1) is 13.4. The van der Waals surface area contributed by atoms with Gasteiger partial charge in [-0.05, 0) is 54.2 Å². The first-order valence-corrected chi connectivity index (χ1v) is 7.30. The number of hydrogen-bond acceptors (Lipinski definition) is 1. The van der Waals surface area contributed by atoms with Gasteiger partial charge in [0.2, 0.25) is 0 Å². The van der Waals surface area contributed by atoms with Crippen LogP contribution in [0.5, 0.6) is 5.75 Å². The zero-order valence-electron chi connectivity index (χ0n) is 11.1. The van der Waals surface area contributed by atoms with Gasteiger partial charge in [-0.3, -0.25) is 0 Å². The smallest absolute Gasteiger partial charge is 0.123 e. The number of rotatable bonds is 3. The van der Waals surface area contributed by atoms with Crippen molar-refractivity contribution in [3.8, 4) is 5.75 Å². The van der Waals surface area contributed by atoms with E-state index in [0.29, 0.717) is 6.42 Å². The van der Waals surface area contributed by atoms with Gasteiger partial charge >= 0.3 is 0 Å². The summed E-state index contributed by atoms with van der Waals surface area (Å²) in [6.45, 7) is 0.792. The van der Waals surface area contributed by atoms with Crippen LogP contribution in [0.25, 0.3) is 0 Å². The van der Waals surface area contributed by atoms with Crippen LogP contribution in [0.15, 0.2) is 42.5 Å². The molecule has 1 aliphatic heterocycles. The highest BCUT2D eigenvalue weighted by molar-refractivity contribution is 6.20. The summed E-state index contributed by atoms with van der Waals surface area (Å²) in [5.41, 5.74) is 3.21. The van der Waals surface area contributed by atoms with Crippen molar-refractivity contribution in [1.29, 1.82) is 0 Å². The monoisotopic (exact) mass is 290 g/mol. The number of alkyl halides is 1. The van der Waals surface area contributed by atoms with E-state index in [1.54, 1.807) is 6.07 Å². The molecule has 0 fully saturated rings. The molecule has 0 saturated carbocycles. The third-order valence-electron chi connectivity index (χ3n) is 3.60. The second kappa shape index (κ2) is 5.84. The molecule has 2 aromatic carbocycles. The second-order valence-corrected chi connectivity index (χ2v) is 5.65. The van der Waals surface area contributed by atoms with E-state index in [1.807, 2.05) is 18.2 Å². The first-order chi connectivity index (χ1) is 9.72. The van der Waals surface area contributed by atoms with E-state index in [0.717, 1.165) is 36.3 Å². The van der Waals surface area contributed by atoms with E-state index in [2.05, 4.69) is 6.07 Å².